The lowest BCUT2D eigenvalue weighted by atomic mass is 9.73. The molecule has 17 heavy (non-hydrogen) atoms. The predicted molar refractivity (Wildman–Crippen MR) is 73.2 cm³/mol. The molecule has 2 nitrogen and oxygen atoms in total. The van der Waals surface area contributed by atoms with Gasteiger partial charge in [0.1, 0.15) is 0 Å². The highest BCUT2D eigenvalue weighted by Crippen LogP contribution is 2.35. The summed E-state index contributed by atoms with van der Waals surface area (Å²) in [5.41, 5.74) is -0.568. The van der Waals surface area contributed by atoms with Crippen molar-refractivity contribution >= 4 is 5.97 Å². The molecule has 0 aromatic rings. The first-order valence-corrected chi connectivity index (χ1v) is 7.20. The summed E-state index contributed by atoms with van der Waals surface area (Å²) >= 11 is 0. The summed E-state index contributed by atoms with van der Waals surface area (Å²) in [6.45, 7) is 8.14. The number of carboxylic acid groups (broad SMARTS) is 1. The molecule has 0 aromatic carbocycles. The third kappa shape index (κ3) is 6.09. The van der Waals surface area contributed by atoms with Gasteiger partial charge in [-0.25, -0.2) is 0 Å². The zero-order valence-corrected chi connectivity index (χ0v) is 12.1. The first-order chi connectivity index (χ1) is 7.96. The molecule has 0 saturated heterocycles. The third-order valence-corrected chi connectivity index (χ3v) is 3.88. The van der Waals surface area contributed by atoms with Gasteiger partial charge in [0, 0.05) is 0 Å². The van der Waals surface area contributed by atoms with Crippen molar-refractivity contribution in [1.82, 2.24) is 0 Å². The van der Waals surface area contributed by atoms with Gasteiger partial charge in [-0.3, -0.25) is 4.79 Å². The molecule has 0 aliphatic heterocycles. The first-order valence-electron chi connectivity index (χ1n) is 7.20. The van der Waals surface area contributed by atoms with E-state index in [1.807, 2.05) is 13.8 Å². The second-order valence-electron chi connectivity index (χ2n) is 5.72. The van der Waals surface area contributed by atoms with Crippen molar-refractivity contribution in [2.24, 2.45) is 11.3 Å². The maximum Gasteiger partial charge on any atom is 0.309 e. The van der Waals surface area contributed by atoms with Crippen molar-refractivity contribution < 1.29 is 9.90 Å². The van der Waals surface area contributed by atoms with Crippen LogP contribution in [0.2, 0.25) is 0 Å². The smallest absolute Gasteiger partial charge is 0.309 e. The van der Waals surface area contributed by atoms with Crippen LogP contribution in [0.1, 0.15) is 79.1 Å². The van der Waals surface area contributed by atoms with Crippen LogP contribution < -0.4 is 0 Å². The zero-order chi connectivity index (χ0) is 13.3. The van der Waals surface area contributed by atoms with Crippen LogP contribution in [0.3, 0.4) is 0 Å². The van der Waals surface area contributed by atoms with E-state index in [0.29, 0.717) is 5.92 Å². The van der Waals surface area contributed by atoms with Crippen LogP contribution in [-0.2, 0) is 4.79 Å². The van der Waals surface area contributed by atoms with E-state index in [9.17, 15) is 9.90 Å². The molecule has 1 N–H and O–H groups in total. The number of hydrogen-bond donors (Lipinski definition) is 1. The van der Waals surface area contributed by atoms with Gasteiger partial charge in [-0.05, 0) is 32.6 Å². The van der Waals surface area contributed by atoms with E-state index in [1.54, 1.807) is 0 Å². The highest BCUT2D eigenvalue weighted by Gasteiger charge is 2.35. The summed E-state index contributed by atoms with van der Waals surface area (Å²) in [6, 6.07) is 0. The van der Waals surface area contributed by atoms with Gasteiger partial charge < -0.3 is 5.11 Å². The largest absolute Gasteiger partial charge is 0.481 e. The number of rotatable bonds is 10. The van der Waals surface area contributed by atoms with Crippen molar-refractivity contribution in [2.45, 2.75) is 79.1 Å². The minimum absolute atomic E-state index is 0.330. The van der Waals surface area contributed by atoms with Crippen LogP contribution in [0.25, 0.3) is 0 Å². The fourth-order valence-electron chi connectivity index (χ4n) is 2.31. The molecular weight excluding hydrogens is 212 g/mol. The van der Waals surface area contributed by atoms with Gasteiger partial charge in [-0.15, -0.1) is 0 Å². The molecule has 1 atom stereocenters. The van der Waals surface area contributed by atoms with Gasteiger partial charge in [0.2, 0.25) is 0 Å². The molecule has 0 bridgehead atoms. The quantitative estimate of drug-likeness (QED) is 0.555. The Kier molecular flexibility index (Phi) is 8.28. The molecule has 0 rings (SSSR count). The van der Waals surface area contributed by atoms with E-state index in [0.717, 1.165) is 25.7 Å². The van der Waals surface area contributed by atoms with E-state index in [2.05, 4.69) is 13.8 Å². The van der Waals surface area contributed by atoms with Gasteiger partial charge in [0.25, 0.3) is 0 Å². The van der Waals surface area contributed by atoms with Crippen LogP contribution >= 0.6 is 0 Å². The molecular formula is C15H30O2. The molecule has 0 radical (unpaired) electrons. The minimum Gasteiger partial charge on any atom is -0.481 e. The second-order valence-corrected chi connectivity index (χ2v) is 5.72. The Morgan fingerprint density at radius 2 is 1.53 bits per heavy atom. The molecule has 0 aromatic heterocycles. The number of aliphatic carboxylic acids is 1. The second kappa shape index (κ2) is 8.54. The Morgan fingerprint density at radius 3 is 2.00 bits per heavy atom. The molecule has 0 aliphatic carbocycles. The van der Waals surface area contributed by atoms with Crippen LogP contribution in [-0.4, -0.2) is 11.1 Å². The van der Waals surface area contributed by atoms with Gasteiger partial charge >= 0.3 is 5.97 Å². The molecule has 0 heterocycles. The summed E-state index contributed by atoms with van der Waals surface area (Å²) in [6.07, 6.45) is 9.36. The van der Waals surface area contributed by atoms with Crippen LogP contribution in [0.5, 0.6) is 0 Å². The van der Waals surface area contributed by atoms with Crippen molar-refractivity contribution in [2.75, 3.05) is 0 Å². The van der Waals surface area contributed by atoms with E-state index in [1.165, 1.54) is 25.7 Å². The average Bonchev–Trinajstić information content (AvgIpc) is 2.27. The Labute approximate surface area is 107 Å². The molecule has 0 fully saturated rings. The summed E-state index contributed by atoms with van der Waals surface area (Å²) < 4.78 is 0. The lowest BCUT2D eigenvalue weighted by Crippen LogP contribution is -2.33. The van der Waals surface area contributed by atoms with Crippen molar-refractivity contribution in [1.29, 1.82) is 0 Å². The first kappa shape index (κ1) is 16.5. The molecule has 0 spiro atoms. The summed E-state index contributed by atoms with van der Waals surface area (Å²) in [4.78, 5) is 11.3. The molecule has 2 heteroatoms. The molecule has 0 saturated carbocycles. The van der Waals surface area contributed by atoms with E-state index in [4.69, 9.17) is 0 Å². The van der Waals surface area contributed by atoms with Crippen LogP contribution in [0, 0.1) is 11.3 Å². The third-order valence-electron chi connectivity index (χ3n) is 3.88. The fourth-order valence-corrected chi connectivity index (χ4v) is 2.31. The molecule has 1 unspecified atom stereocenters. The topological polar surface area (TPSA) is 37.3 Å². The van der Waals surface area contributed by atoms with Crippen molar-refractivity contribution in [3.05, 3.63) is 0 Å². The van der Waals surface area contributed by atoms with Gasteiger partial charge in [0.05, 0.1) is 5.41 Å². The Morgan fingerprint density at radius 1 is 1.00 bits per heavy atom. The average molecular weight is 242 g/mol. The predicted octanol–water partition coefficient (Wildman–Crippen LogP) is 4.87. The number of unbranched alkanes of at least 4 members (excludes halogenated alkanes) is 4. The molecule has 0 aliphatic rings. The van der Waals surface area contributed by atoms with Crippen LogP contribution in [0.4, 0.5) is 0 Å². The molecule has 0 amide bonds. The standard InChI is InChI=1S/C15H30O2/c1-5-7-9-10-12-13(11-8-6-2)15(3,4)14(16)17/h13H,5-12H2,1-4H3,(H,16,17). The van der Waals surface area contributed by atoms with Crippen molar-refractivity contribution in [3.8, 4) is 0 Å². The minimum atomic E-state index is -0.644. The summed E-state index contributed by atoms with van der Waals surface area (Å²) in [7, 11) is 0. The molecule has 102 valence electrons. The highest BCUT2D eigenvalue weighted by molar-refractivity contribution is 5.74. The Bertz CT molecular complexity index is 209. The number of hydrogen-bond acceptors (Lipinski definition) is 1. The van der Waals surface area contributed by atoms with Gasteiger partial charge in [-0.2, -0.15) is 0 Å². The van der Waals surface area contributed by atoms with Crippen LogP contribution in [0.15, 0.2) is 0 Å². The lowest BCUT2D eigenvalue weighted by Gasteiger charge is -2.30. The number of carboxylic acids is 1. The fraction of sp³-hybridized carbons (Fsp3) is 0.933. The maximum absolute atomic E-state index is 11.3. The summed E-state index contributed by atoms with van der Waals surface area (Å²) in [5, 5.41) is 9.31. The Hall–Kier alpha value is -0.530. The normalized spacial score (nSPS) is 13.6. The summed E-state index contributed by atoms with van der Waals surface area (Å²) in [5.74, 6) is -0.314. The lowest BCUT2D eigenvalue weighted by molar-refractivity contribution is -0.150. The number of carbonyl (C=O) groups is 1. The van der Waals surface area contributed by atoms with E-state index in [-0.39, 0.29) is 0 Å². The Balaban J connectivity index is 4.27. The van der Waals surface area contributed by atoms with E-state index >= 15 is 0 Å². The highest BCUT2D eigenvalue weighted by atomic mass is 16.4. The van der Waals surface area contributed by atoms with E-state index < -0.39 is 11.4 Å². The monoisotopic (exact) mass is 242 g/mol. The maximum atomic E-state index is 11.3. The van der Waals surface area contributed by atoms with Gasteiger partial charge in [-0.1, -0.05) is 52.4 Å². The zero-order valence-electron chi connectivity index (χ0n) is 12.1. The SMILES string of the molecule is CCCCCCC(CCCC)C(C)(C)C(=O)O. The van der Waals surface area contributed by atoms with Gasteiger partial charge in [0.15, 0.2) is 0 Å². The van der Waals surface area contributed by atoms with Crippen molar-refractivity contribution in [3.63, 3.8) is 0 Å².